The average molecular weight is 317 g/mol. The Morgan fingerprint density at radius 1 is 1.09 bits per heavy atom. The van der Waals surface area contributed by atoms with Crippen molar-refractivity contribution in [2.45, 2.75) is 0 Å². The standard InChI is InChI=1S/C13H9BFN3O5/c15-6-1-5(14(22)23)2-7(3-6)18-9(19)4-8-10(11(18)16)13(21)17-12(8)20/h1-4,22-23H,16H2,(H,17,20,21). The number of rotatable bonds is 2. The zero-order valence-corrected chi connectivity index (χ0v) is 11.4. The summed E-state index contributed by atoms with van der Waals surface area (Å²) >= 11 is 0. The molecule has 2 heterocycles. The number of fused-ring (bicyclic) bond motifs is 1. The molecular formula is C13H9BFN3O5. The number of aromatic nitrogens is 1. The van der Waals surface area contributed by atoms with E-state index in [0.29, 0.717) is 0 Å². The van der Waals surface area contributed by atoms with E-state index in [4.69, 9.17) is 15.8 Å². The number of imide groups is 1. The van der Waals surface area contributed by atoms with E-state index in [2.05, 4.69) is 0 Å². The quantitative estimate of drug-likeness (QED) is 0.378. The van der Waals surface area contributed by atoms with Gasteiger partial charge in [0.2, 0.25) is 0 Å². The van der Waals surface area contributed by atoms with Crippen molar-refractivity contribution in [2.75, 3.05) is 5.73 Å². The first kappa shape index (κ1) is 14.9. The van der Waals surface area contributed by atoms with Gasteiger partial charge in [-0.3, -0.25) is 24.3 Å². The minimum absolute atomic E-state index is 0.106. The molecule has 1 aromatic heterocycles. The van der Waals surface area contributed by atoms with Crippen molar-refractivity contribution >= 4 is 30.2 Å². The fourth-order valence-electron chi connectivity index (χ4n) is 2.42. The van der Waals surface area contributed by atoms with Crippen LogP contribution in [-0.2, 0) is 0 Å². The number of nitrogens with zero attached hydrogens (tertiary/aromatic N) is 1. The van der Waals surface area contributed by atoms with Gasteiger partial charge in [-0.15, -0.1) is 0 Å². The van der Waals surface area contributed by atoms with Crippen LogP contribution >= 0.6 is 0 Å². The highest BCUT2D eigenvalue weighted by atomic mass is 19.1. The number of amides is 2. The summed E-state index contributed by atoms with van der Waals surface area (Å²) in [6.45, 7) is 0. The molecule has 8 nitrogen and oxygen atoms in total. The Bertz CT molecular complexity index is 925. The van der Waals surface area contributed by atoms with E-state index >= 15 is 0 Å². The van der Waals surface area contributed by atoms with Gasteiger partial charge in [-0.1, -0.05) is 0 Å². The van der Waals surface area contributed by atoms with E-state index in [9.17, 15) is 18.8 Å². The summed E-state index contributed by atoms with van der Waals surface area (Å²) in [4.78, 5) is 35.5. The number of nitrogens with two attached hydrogens (primary N) is 1. The summed E-state index contributed by atoms with van der Waals surface area (Å²) in [5, 5.41) is 20.3. The maximum atomic E-state index is 13.6. The van der Waals surface area contributed by atoms with Crippen molar-refractivity contribution in [2.24, 2.45) is 0 Å². The summed E-state index contributed by atoms with van der Waals surface area (Å²) in [6.07, 6.45) is 0. The number of carbonyl (C=O) groups is 2. The molecule has 2 amide bonds. The van der Waals surface area contributed by atoms with Crippen LogP contribution in [0.2, 0.25) is 0 Å². The van der Waals surface area contributed by atoms with E-state index < -0.39 is 30.3 Å². The number of anilines is 1. The van der Waals surface area contributed by atoms with Crippen LogP contribution in [0.4, 0.5) is 10.2 Å². The Hall–Kier alpha value is -2.98. The number of hydrogen-bond acceptors (Lipinski definition) is 6. The minimum atomic E-state index is -1.96. The van der Waals surface area contributed by atoms with Crippen molar-refractivity contribution in [3.63, 3.8) is 0 Å². The first-order chi connectivity index (χ1) is 10.8. The summed E-state index contributed by atoms with van der Waals surface area (Å²) in [6, 6.07) is 3.85. The Kier molecular flexibility index (Phi) is 3.27. The lowest BCUT2D eigenvalue weighted by molar-refractivity contribution is 0.0880. The predicted molar refractivity (Wildman–Crippen MR) is 78.0 cm³/mol. The molecule has 0 fully saturated rings. The van der Waals surface area contributed by atoms with E-state index in [1.165, 1.54) is 0 Å². The van der Waals surface area contributed by atoms with Crippen LogP contribution in [0.3, 0.4) is 0 Å². The summed E-state index contributed by atoms with van der Waals surface area (Å²) in [7, 11) is -1.96. The number of hydrogen-bond donors (Lipinski definition) is 4. The Morgan fingerprint density at radius 3 is 2.43 bits per heavy atom. The lowest BCUT2D eigenvalue weighted by atomic mass is 9.80. The maximum absolute atomic E-state index is 13.6. The molecule has 0 radical (unpaired) electrons. The molecule has 23 heavy (non-hydrogen) atoms. The van der Waals surface area contributed by atoms with Gasteiger partial charge >= 0.3 is 7.12 Å². The summed E-state index contributed by atoms with van der Waals surface area (Å²) in [5.41, 5.74) is 4.37. The van der Waals surface area contributed by atoms with Crippen LogP contribution in [0.1, 0.15) is 20.7 Å². The highest BCUT2D eigenvalue weighted by Gasteiger charge is 2.32. The van der Waals surface area contributed by atoms with Crippen LogP contribution in [0.5, 0.6) is 0 Å². The van der Waals surface area contributed by atoms with Crippen molar-refractivity contribution in [3.8, 4) is 5.69 Å². The van der Waals surface area contributed by atoms with Crippen molar-refractivity contribution in [1.82, 2.24) is 9.88 Å². The van der Waals surface area contributed by atoms with Gasteiger partial charge in [-0.05, 0) is 23.7 Å². The lowest BCUT2D eigenvalue weighted by Gasteiger charge is -2.13. The zero-order valence-electron chi connectivity index (χ0n) is 11.4. The highest BCUT2D eigenvalue weighted by molar-refractivity contribution is 6.58. The predicted octanol–water partition coefficient (Wildman–Crippen LogP) is -1.88. The number of benzene rings is 1. The van der Waals surface area contributed by atoms with Gasteiger partial charge in [0.25, 0.3) is 17.4 Å². The molecule has 0 atom stereocenters. The number of halogens is 1. The van der Waals surface area contributed by atoms with Crippen LogP contribution in [-0.4, -0.2) is 33.5 Å². The molecule has 0 saturated carbocycles. The molecule has 1 aliphatic rings. The molecule has 0 saturated heterocycles. The van der Waals surface area contributed by atoms with Gasteiger partial charge in [-0.25, -0.2) is 4.39 Å². The van der Waals surface area contributed by atoms with E-state index in [-0.39, 0.29) is 28.1 Å². The largest absolute Gasteiger partial charge is 0.488 e. The highest BCUT2D eigenvalue weighted by Crippen LogP contribution is 2.22. The van der Waals surface area contributed by atoms with Gasteiger partial charge in [0, 0.05) is 6.07 Å². The van der Waals surface area contributed by atoms with E-state index in [1.807, 2.05) is 5.32 Å². The van der Waals surface area contributed by atoms with Crippen molar-refractivity contribution < 1.29 is 24.0 Å². The second-order valence-corrected chi connectivity index (χ2v) is 4.89. The Labute approximate surface area is 128 Å². The first-order valence-electron chi connectivity index (χ1n) is 6.38. The maximum Gasteiger partial charge on any atom is 0.488 e. The van der Waals surface area contributed by atoms with Gasteiger partial charge in [0.15, 0.2) is 0 Å². The van der Waals surface area contributed by atoms with Crippen LogP contribution in [0.25, 0.3) is 5.69 Å². The molecule has 0 aliphatic carbocycles. The third-order valence-corrected chi connectivity index (χ3v) is 3.41. The van der Waals surface area contributed by atoms with Gasteiger partial charge in [0.1, 0.15) is 11.6 Å². The molecule has 5 N–H and O–H groups in total. The summed E-state index contributed by atoms with van der Waals surface area (Å²) in [5.74, 6) is -2.69. The molecule has 10 heteroatoms. The first-order valence-corrected chi connectivity index (χ1v) is 6.38. The van der Waals surface area contributed by atoms with Crippen LogP contribution in [0.15, 0.2) is 29.1 Å². The third kappa shape index (κ3) is 2.29. The van der Waals surface area contributed by atoms with E-state index in [1.54, 1.807) is 0 Å². The van der Waals surface area contributed by atoms with Crippen LogP contribution < -0.4 is 22.1 Å². The van der Waals surface area contributed by atoms with Gasteiger partial charge < -0.3 is 15.8 Å². The topological polar surface area (TPSA) is 135 Å². The Balaban J connectivity index is 2.31. The second-order valence-electron chi connectivity index (χ2n) is 4.89. The van der Waals surface area contributed by atoms with Crippen molar-refractivity contribution in [1.29, 1.82) is 0 Å². The molecule has 1 aliphatic heterocycles. The summed E-state index contributed by atoms with van der Waals surface area (Å²) < 4.78 is 14.4. The molecular weight excluding hydrogens is 308 g/mol. The Morgan fingerprint density at radius 2 is 1.78 bits per heavy atom. The molecule has 1 aromatic carbocycles. The zero-order chi connectivity index (χ0) is 16.9. The monoisotopic (exact) mass is 317 g/mol. The molecule has 116 valence electrons. The molecule has 0 bridgehead atoms. The fraction of sp³-hybridized carbons (Fsp3) is 0. The fourth-order valence-corrected chi connectivity index (χ4v) is 2.42. The number of pyridine rings is 1. The minimum Gasteiger partial charge on any atom is -0.423 e. The normalized spacial score (nSPS) is 13.0. The number of carbonyl (C=O) groups excluding carboxylic acids is 2. The third-order valence-electron chi connectivity index (χ3n) is 3.41. The van der Waals surface area contributed by atoms with Gasteiger partial charge in [-0.2, -0.15) is 0 Å². The van der Waals surface area contributed by atoms with Crippen LogP contribution in [0, 0.1) is 5.82 Å². The SMILES string of the molecule is Nc1c2c(cc(=O)n1-c1cc(F)cc(B(O)O)c1)C(=O)NC2=O. The smallest absolute Gasteiger partial charge is 0.423 e. The van der Waals surface area contributed by atoms with Gasteiger partial charge in [0.05, 0.1) is 16.8 Å². The number of nitrogens with one attached hydrogen (secondary N) is 1. The molecule has 2 aromatic rings. The molecule has 0 spiro atoms. The molecule has 0 unspecified atom stereocenters. The van der Waals surface area contributed by atoms with Crippen molar-refractivity contribution in [3.05, 3.63) is 51.6 Å². The number of nitrogen functional groups attached to an aromatic ring is 1. The van der Waals surface area contributed by atoms with E-state index in [0.717, 1.165) is 28.8 Å². The lowest BCUT2D eigenvalue weighted by Crippen LogP contribution is -2.32. The second kappa shape index (κ2) is 5.04. The molecule has 3 rings (SSSR count). The average Bonchev–Trinajstić information content (AvgIpc) is 2.73.